The summed E-state index contributed by atoms with van der Waals surface area (Å²) in [5, 5.41) is 7.94. The van der Waals surface area contributed by atoms with Crippen molar-refractivity contribution in [3.8, 4) is 0 Å². The molecule has 0 aliphatic heterocycles. The normalized spacial score (nSPS) is 10.1. The summed E-state index contributed by atoms with van der Waals surface area (Å²) in [6.45, 7) is 0. The first-order valence-electron chi connectivity index (χ1n) is 8.54. The van der Waals surface area contributed by atoms with Gasteiger partial charge in [0.25, 0.3) is 0 Å². The smallest absolute Gasteiger partial charge is 1.00 e. The molecule has 0 fully saturated rings. The fourth-order valence-corrected chi connectivity index (χ4v) is 4.82. The average Bonchev–Trinajstić information content (AvgIpc) is 3.24. The van der Waals surface area contributed by atoms with Crippen LogP contribution < -0.4 is 24.8 Å². The molecule has 6 rings (SSSR count). The van der Waals surface area contributed by atoms with Crippen LogP contribution in [0.1, 0.15) is 0 Å². The van der Waals surface area contributed by atoms with Crippen LogP contribution in [0.3, 0.4) is 0 Å². The zero-order valence-electron chi connectivity index (χ0n) is 15.2. The van der Waals surface area contributed by atoms with E-state index < -0.39 is 0 Å². The molecule has 6 aromatic rings. The van der Waals surface area contributed by atoms with Crippen LogP contribution in [0, 0.1) is 0 Å². The maximum absolute atomic E-state index is 3.42. The van der Waals surface area contributed by atoms with E-state index in [0.29, 0.717) is 0 Å². The van der Waals surface area contributed by atoms with Crippen molar-refractivity contribution in [2.24, 2.45) is 0 Å². The van der Waals surface area contributed by atoms with Crippen molar-refractivity contribution in [1.29, 1.82) is 0 Å². The number of benzene rings is 3. The second kappa shape index (κ2) is 10.4. The first-order valence-corrected chi connectivity index (χ1v) is 10.2. The summed E-state index contributed by atoms with van der Waals surface area (Å²) in [7, 11) is 0. The molecule has 0 unspecified atom stereocenters. The number of halogens is 3. The number of hydrogen-bond donors (Lipinski definition) is 0. The van der Waals surface area contributed by atoms with E-state index in [2.05, 4.69) is 107 Å². The van der Waals surface area contributed by atoms with Crippen LogP contribution in [0.2, 0.25) is 0 Å². The number of fused-ring (bicyclic) bond motifs is 6. The van der Waals surface area contributed by atoms with Crippen molar-refractivity contribution in [3.05, 3.63) is 95.5 Å². The minimum Gasteiger partial charge on any atom is -1.00 e. The van der Waals surface area contributed by atoms with E-state index in [1.54, 1.807) is 0 Å². The predicted molar refractivity (Wildman–Crippen MR) is 120 cm³/mol. The second-order valence-electron chi connectivity index (χ2n) is 6.47. The van der Waals surface area contributed by atoms with Crippen molar-refractivity contribution >= 4 is 69.0 Å². The van der Waals surface area contributed by atoms with Gasteiger partial charge in [-0.15, -0.1) is 80.7 Å². The van der Waals surface area contributed by atoms with Crippen LogP contribution in [-0.2, 0) is 26.2 Å². The third-order valence-corrected chi connectivity index (χ3v) is 6.10. The summed E-state index contributed by atoms with van der Waals surface area (Å²) in [4.78, 5) is 0. The molecule has 142 valence electrons. The van der Waals surface area contributed by atoms with E-state index in [1.165, 1.54) is 41.7 Å². The Morgan fingerprint density at radius 3 is 2.07 bits per heavy atom. The van der Waals surface area contributed by atoms with Crippen LogP contribution in [0.15, 0.2) is 95.5 Å². The predicted octanol–water partition coefficient (Wildman–Crippen LogP) is 2.25. The van der Waals surface area contributed by atoms with Gasteiger partial charge in [-0.3, -0.25) is 0 Å². The molecular weight excluding hydrogens is 562 g/mol. The zero-order valence-corrected chi connectivity index (χ0v) is 21.6. The van der Waals surface area contributed by atoms with Gasteiger partial charge in [-0.25, -0.2) is 0 Å². The molecule has 1 aromatic heterocycles. The Labute approximate surface area is 213 Å². The molecule has 5 aromatic carbocycles. The Kier molecular flexibility index (Phi) is 8.70. The zero-order chi connectivity index (χ0) is 17.5. The largest absolute Gasteiger partial charge is 4.00 e. The number of hydrogen-bond acceptors (Lipinski definition) is 1. The SMILES string of the molecule is Brc1cc2ccccc2[cH-]1.[Cl-].[Cl-].[Zr+4].c1cc2cc(c1)c1cc3cc(ccc3[cH-]1)s2. The van der Waals surface area contributed by atoms with Crippen LogP contribution in [0.25, 0.3) is 41.7 Å². The van der Waals surface area contributed by atoms with Gasteiger partial charge in [-0.05, 0) is 6.07 Å². The summed E-state index contributed by atoms with van der Waals surface area (Å²) in [6.07, 6.45) is 0. The fraction of sp³-hybridized carbons (Fsp3) is 0. The molecule has 0 aliphatic carbocycles. The Bertz CT molecular complexity index is 1320. The summed E-state index contributed by atoms with van der Waals surface area (Å²) in [5.41, 5.74) is 0. The van der Waals surface area contributed by atoms with Crippen molar-refractivity contribution in [2.75, 3.05) is 0 Å². The Hall–Kier alpha value is -0.957. The van der Waals surface area contributed by atoms with Gasteiger partial charge in [-0.1, -0.05) is 62.2 Å². The molecule has 0 radical (unpaired) electrons. The van der Waals surface area contributed by atoms with E-state index in [9.17, 15) is 0 Å². The summed E-state index contributed by atoms with van der Waals surface area (Å²) < 4.78 is 3.80. The average molecular weight is 577 g/mol. The quantitative estimate of drug-likeness (QED) is 0.243. The fourth-order valence-electron chi connectivity index (χ4n) is 3.40. The topological polar surface area (TPSA) is 0 Å². The van der Waals surface area contributed by atoms with Gasteiger partial charge in [-0.2, -0.15) is 6.07 Å². The molecule has 0 spiro atoms. The van der Waals surface area contributed by atoms with E-state index in [1.807, 2.05) is 11.3 Å². The molecule has 0 N–H and O–H groups in total. The Morgan fingerprint density at radius 1 is 0.586 bits per heavy atom. The molecule has 0 aliphatic rings. The maximum Gasteiger partial charge on any atom is 4.00 e. The molecule has 5 bridgehead atoms. The van der Waals surface area contributed by atoms with Gasteiger partial charge in [0.15, 0.2) is 0 Å². The maximum atomic E-state index is 3.42. The van der Waals surface area contributed by atoms with Gasteiger partial charge in [0.05, 0.1) is 0 Å². The van der Waals surface area contributed by atoms with Crippen molar-refractivity contribution in [3.63, 3.8) is 0 Å². The number of rotatable bonds is 0. The van der Waals surface area contributed by atoms with Gasteiger partial charge in [0.2, 0.25) is 0 Å². The van der Waals surface area contributed by atoms with Gasteiger partial charge in [0, 0.05) is 9.40 Å². The van der Waals surface area contributed by atoms with Gasteiger partial charge in [0.1, 0.15) is 0 Å². The molecule has 0 amide bonds. The molecule has 29 heavy (non-hydrogen) atoms. The van der Waals surface area contributed by atoms with E-state index in [-0.39, 0.29) is 51.0 Å². The monoisotopic (exact) mass is 574 g/mol. The van der Waals surface area contributed by atoms with Gasteiger partial charge >= 0.3 is 26.2 Å². The van der Waals surface area contributed by atoms with Crippen LogP contribution >= 0.6 is 27.3 Å². The second-order valence-corrected chi connectivity index (χ2v) is 8.53. The van der Waals surface area contributed by atoms with Crippen LogP contribution in [-0.4, -0.2) is 0 Å². The standard InChI is InChI=1S/C15H9S.C9H6Br.2ClH.Zr/c1-2-10-8-14(3-1)16-15-5-4-11-6-12(10)7-13(11)9-15;10-9-5-7-3-1-2-4-8(7)6-9;;;/h1-9H;1-6H;2*1H;/q2*-1;;;+4/p-2. The molecular formula is C24H15BrCl2SZr. The van der Waals surface area contributed by atoms with Crippen molar-refractivity contribution in [1.82, 2.24) is 0 Å². The molecule has 1 heterocycles. The summed E-state index contributed by atoms with van der Waals surface area (Å²) in [5.74, 6) is 0. The van der Waals surface area contributed by atoms with Crippen molar-refractivity contribution < 1.29 is 51.0 Å². The van der Waals surface area contributed by atoms with Crippen molar-refractivity contribution in [2.45, 2.75) is 0 Å². The molecule has 0 saturated heterocycles. The Morgan fingerprint density at radius 2 is 1.24 bits per heavy atom. The molecule has 0 atom stereocenters. The molecule has 5 heteroatoms. The third-order valence-electron chi connectivity index (χ3n) is 4.67. The molecule has 0 nitrogen and oxygen atoms in total. The van der Waals surface area contributed by atoms with E-state index in [4.69, 9.17) is 0 Å². The summed E-state index contributed by atoms with van der Waals surface area (Å²) in [6, 6.07) is 32.6. The first kappa shape index (κ1) is 24.3. The molecule has 0 saturated carbocycles. The Balaban J connectivity index is 0.000000204. The minimum absolute atomic E-state index is 0. The van der Waals surface area contributed by atoms with E-state index in [0.717, 1.165) is 4.47 Å². The van der Waals surface area contributed by atoms with Crippen LogP contribution in [0.5, 0.6) is 0 Å². The summed E-state index contributed by atoms with van der Waals surface area (Å²) >= 11 is 5.26. The third kappa shape index (κ3) is 5.21. The minimum atomic E-state index is 0. The van der Waals surface area contributed by atoms with E-state index >= 15 is 0 Å². The van der Waals surface area contributed by atoms with Gasteiger partial charge < -0.3 is 24.8 Å². The first-order chi connectivity index (χ1) is 12.7. The van der Waals surface area contributed by atoms with Crippen LogP contribution in [0.4, 0.5) is 0 Å².